The minimum Gasteiger partial charge on any atom is -0.483 e. The molecule has 0 saturated heterocycles. The van der Waals surface area contributed by atoms with Gasteiger partial charge in [0.15, 0.2) is 11.6 Å². The molecular formula is C47H36Cl2F6O4. The number of hydrogen-bond acceptors (Lipinski definition) is 4. The molecule has 12 heteroatoms. The quantitative estimate of drug-likeness (QED) is 0.0699. The Morgan fingerprint density at radius 2 is 0.746 bits per heavy atom. The maximum absolute atomic E-state index is 15.0. The zero-order chi connectivity index (χ0) is 43.0. The summed E-state index contributed by atoms with van der Waals surface area (Å²) in [6, 6.07) is 32.8. The molecule has 0 aliphatic heterocycles. The largest absolute Gasteiger partial charge is 0.483 e. The normalized spacial score (nSPS) is 12.5. The highest BCUT2D eigenvalue weighted by Gasteiger charge is 2.72. The molecule has 6 rings (SSSR count). The van der Waals surface area contributed by atoms with Crippen molar-refractivity contribution >= 4 is 34.8 Å². The van der Waals surface area contributed by atoms with Crippen LogP contribution in [0.15, 0.2) is 146 Å². The Kier molecular flexibility index (Phi) is 11.8. The van der Waals surface area contributed by atoms with Crippen molar-refractivity contribution in [2.24, 2.45) is 0 Å². The van der Waals surface area contributed by atoms with Gasteiger partial charge >= 0.3 is 12.4 Å². The molecule has 0 aliphatic rings. The van der Waals surface area contributed by atoms with Gasteiger partial charge in [-0.2, -0.15) is 26.3 Å². The Labute approximate surface area is 347 Å². The molecule has 0 saturated carbocycles. The van der Waals surface area contributed by atoms with Crippen LogP contribution in [0.3, 0.4) is 0 Å². The maximum Gasteiger partial charge on any atom is 0.411 e. The van der Waals surface area contributed by atoms with Gasteiger partial charge in [0.2, 0.25) is 5.41 Å². The second-order valence-corrected chi connectivity index (χ2v) is 16.2. The van der Waals surface area contributed by atoms with E-state index in [9.17, 15) is 35.9 Å². The Hall–Kier alpha value is -5.58. The van der Waals surface area contributed by atoms with Crippen molar-refractivity contribution in [1.29, 1.82) is 0 Å². The van der Waals surface area contributed by atoms with Crippen molar-refractivity contribution in [2.75, 3.05) is 0 Å². The molecule has 0 aliphatic carbocycles. The van der Waals surface area contributed by atoms with E-state index in [1.165, 1.54) is 24.3 Å². The molecular weight excluding hydrogens is 813 g/mol. The van der Waals surface area contributed by atoms with Crippen LogP contribution in [0.2, 0.25) is 5.02 Å². The summed E-state index contributed by atoms with van der Waals surface area (Å²) < 4.78 is 101. The lowest BCUT2D eigenvalue weighted by atomic mass is 9.73. The number of ketones is 2. The van der Waals surface area contributed by atoms with E-state index in [0.29, 0.717) is 32.8 Å². The zero-order valence-electron chi connectivity index (χ0n) is 32.0. The molecule has 0 fully saturated rings. The molecule has 0 radical (unpaired) electrons. The van der Waals surface area contributed by atoms with Crippen LogP contribution in [0, 0.1) is 0 Å². The molecule has 59 heavy (non-hydrogen) atoms. The fourth-order valence-electron chi connectivity index (χ4n) is 6.67. The lowest BCUT2D eigenvalue weighted by Crippen LogP contribution is -2.54. The highest BCUT2D eigenvalue weighted by molar-refractivity contribution is 6.30. The number of carbonyl (C=O) groups excluding carboxylic acids is 2. The fourth-order valence-corrected chi connectivity index (χ4v) is 6.92. The summed E-state index contributed by atoms with van der Waals surface area (Å²) in [6.07, 6.45) is -11.6. The van der Waals surface area contributed by atoms with Gasteiger partial charge in [0.05, 0.1) is 4.87 Å². The smallest absolute Gasteiger partial charge is 0.411 e. The van der Waals surface area contributed by atoms with Crippen LogP contribution in [-0.2, 0) is 15.9 Å². The number of rotatable bonds is 12. The minimum atomic E-state index is -5.82. The first-order valence-electron chi connectivity index (χ1n) is 18.2. The number of alkyl halides is 7. The molecule has 0 spiro atoms. The van der Waals surface area contributed by atoms with Crippen molar-refractivity contribution in [2.45, 2.75) is 55.9 Å². The second kappa shape index (κ2) is 16.2. The molecule has 6 aromatic carbocycles. The van der Waals surface area contributed by atoms with Gasteiger partial charge in [0.1, 0.15) is 22.8 Å². The molecule has 0 unspecified atom stereocenters. The van der Waals surface area contributed by atoms with Crippen LogP contribution in [0.4, 0.5) is 26.3 Å². The third-order valence-corrected chi connectivity index (χ3v) is 10.4. The molecule has 304 valence electrons. The summed E-state index contributed by atoms with van der Waals surface area (Å²) in [4.78, 5) is 25.3. The monoisotopic (exact) mass is 848 g/mol. The van der Waals surface area contributed by atoms with Crippen molar-refractivity contribution in [3.05, 3.63) is 195 Å². The Morgan fingerprint density at radius 1 is 0.441 bits per heavy atom. The molecule has 0 amide bonds. The predicted octanol–water partition coefficient (Wildman–Crippen LogP) is 13.8. The Balaban J connectivity index is 1.19. The lowest BCUT2D eigenvalue weighted by molar-refractivity contribution is -0.288. The van der Waals surface area contributed by atoms with E-state index in [0.717, 1.165) is 54.1 Å². The van der Waals surface area contributed by atoms with Crippen LogP contribution in [0.5, 0.6) is 17.2 Å². The molecule has 0 N–H and O–H groups in total. The highest BCUT2D eigenvalue weighted by Crippen LogP contribution is 2.56. The first kappa shape index (κ1) is 43.0. The summed E-state index contributed by atoms with van der Waals surface area (Å²) in [5, 5.41) is 0.484. The standard InChI is InChI=1S/C47H36Cl2F6O4/c1-43(2,49)33-13-5-29(6-14-33)42(57)32-11-23-38(24-12-32)58-39-25-17-35(18-26-39)45(46(50,51)52,47(53,54)55)36-19-27-40(28-20-36)59-44(3,4)34-15-7-30(8-16-34)41(56)31-9-21-37(48)22-10-31/h5-28H,1-4H3. The fraction of sp³-hybridized carbons (Fsp3) is 0.191. The van der Waals surface area contributed by atoms with E-state index in [1.54, 1.807) is 86.6 Å². The van der Waals surface area contributed by atoms with Gasteiger partial charge in [0.25, 0.3) is 0 Å². The van der Waals surface area contributed by atoms with Crippen LogP contribution < -0.4 is 9.47 Å². The minimum absolute atomic E-state index is 0.0167. The summed E-state index contributed by atoms with van der Waals surface area (Å²) in [5.74, 6) is -0.319. The van der Waals surface area contributed by atoms with E-state index in [1.807, 2.05) is 13.8 Å². The average molecular weight is 850 g/mol. The molecule has 0 aromatic heterocycles. The molecule has 0 heterocycles. The van der Waals surface area contributed by atoms with Gasteiger partial charge < -0.3 is 9.47 Å². The highest BCUT2D eigenvalue weighted by atomic mass is 35.5. The van der Waals surface area contributed by atoms with Crippen LogP contribution in [0.1, 0.15) is 81.8 Å². The lowest BCUT2D eigenvalue weighted by Gasteiger charge is -2.38. The van der Waals surface area contributed by atoms with E-state index < -0.39 is 39.4 Å². The van der Waals surface area contributed by atoms with Crippen LogP contribution >= 0.6 is 23.2 Å². The summed E-state index contributed by atoms with van der Waals surface area (Å²) in [7, 11) is 0. The van der Waals surface area contributed by atoms with Gasteiger partial charge in [-0.15, -0.1) is 11.6 Å². The molecule has 0 bridgehead atoms. The second-order valence-electron chi connectivity index (χ2n) is 14.8. The summed E-state index contributed by atoms with van der Waals surface area (Å²) in [6.45, 7) is 7.01. The SMILES string of the molecule is CC(C)(Cl)c1ccc(C(=O)c2ccc(Oc3ccc(C(c4ccc(OC(C)(C)c5ccc(C(=O)c6ccc(Cl)cc6)cc5)cc4)(C(F)(F)F)C(F)(F)F)cc3)cc2)cc1. The molecule has 0 atom stereocenters. The number of benzene rings is 6. The van der Waals surface area contributed by atoms with Gasteiger partial charge in [0, 0.05) is 27.3 Å². The number of carbonyl (C=O) groups is 2. The van der Waals surface area contributed by atoms with Gasteiger partial charge in [-0.1, -0.05) is 84.4 Å². The van der Waals surface area contributed by atoms with Gasteiger partial charge in [-0.05, 0) is 123 Å². The molecule has 4 nitrogen and oxygen atoms in total. The third-order valence-electron chi connectivity index (χ3n) is 9.93. The maximum atomic E-state index is 15.0. The van der Waals surface area contributed by atoms with Crippen molar-refractivity contribution in [3.63, 3.8) is 0 Å². The number of ether oxygens (including phenoxy) is 2. The van der Waals surface area contributed by atoms with E-state index in [4.69, 9.17) is 32.7 Å². The van der Waals surface area contributed by atoms with E-state index in [2.05, 4.69) is 0 Å². The van der Waals surface area contributed by atoms with Gasteiger partial charge in [-0.3, -0.25) is 9.59 Å². The average Bonchev–Trinajstić information content (AvgIpc) is 3.18. The van der Waals surface area contributed by atoms with Crippen molar-refractivity contribution in [3.8, 4) is 17.2 Å². The topological polar surface area (TPSA) is 52.6 Å². The number of hydrogen-bond donors (Lipinski definition) is 0. The van der Waals surface area contributed by atoms with E-state index >= 15 is 0 Å². The Morgan fingerprint density at radius 3 is 1.12 bits per heavy atom. The van der Waals surface area contributed by atoms with Crippen LogP contribution in [-0.4, -0.2) is 23.9 Å². The molecule has 6 aromatic rings. The van der Waals surface area contributed by atoms with Gasteiger partial charge in [-0.25, -0.2) is 0 Å². The Bertz CT molecular complexity index is 2400. The van der Waals surface area contributed by atoms with E-state index in [-0.39, 0.29) is 28.8 Å². The van der Waals surface area contributed by atoms with Crippen molar-refractivity contribution < 1.29 is 45.4 Å². The summed E-state index contributed by atoms with van der Waals surface area (Å²) in [5.41, 5.74) is -4.63. The van der Waals surface area contributed by atoms with Crippen molar-refractivity contribution in [1.82, 2.24) is 0 Å². The first-order valence-corrected chi connectivity index (χ1v) is 18.9. The zero-order valence-corrected chi connectivity index (χ0v) is 33.5. The predicted molar refractivity (Wildman–Crippen MR) is 216 cm³/mol. The first-order chi connectivity index (χ1) is 27.6. The number of halogens is 8. The van der Waals surface area contributed by atoms with Crippen LogP contribution in [0.25, 0.3) is 0 Å². The third kappa shape index (κ3) is 9.04. The summed E-state index contributed by atoms with van der Waals surface area (Å²) >= 11 is 12.3.